The zero-order valence-corrected chi connectivity index (χ0v) is 18.8. The van der Waals surface area contributed by atoms with Gasteiger partial charge in [-0.15, -0.1) is 0 Å². The minimum absolute atomic E-state index is 0.0354. The molecule has 31 heavy (non-hydrogen) atoms. The Labute approximate surface area is 187 Å². The molecule has 7 N–H and O–H groups in total. The van der Waals surface area contributed by atoms with Crippen molar-refractivity contribution in [2.24, 2.45) is 17.4 Å². The Balaban J connectivity index is 2.97. The van der Waals surface area contributed by atoms with E-state index < -0.39 is 53.8 Å². The fourth-order valence-electron chi connectivity index (χ4n) is 3.28. The predicted molar refractivity (Wildman–Crippen MR) is 116 cm³/mol. The molecule has 12 heteroatoms. The highest BCUT2D eigenvalue weighted by Gasteiger charge is 2.39. The molecule has 0 saturated carbocycles. The summed E-state index contributed by atoms with van der Waals surface area (Å²) in [5.41, 5.74) is 11.1. The molecule has 5 atom stereocenters. The second kappa shape index (κ2) is 12.5. The van der Waals surface area contributed by atoms with Crippen LogP contribution in [0.15, 0.2) is 0 Å². The van der Waals surface area contributed by atoms with Crippen LogP contribution in [0.2, 0.25) is 0 Å². The van der Waals surface area contributed by atoms with Gasteiger partial charge in [0.05, 0.1) is 6.04 Å². The number of nitrogens with zero attached hydrogens (tertiary/aromatic N) is 1. The Hall–Kier alpha value is -2.34. The number of hydrogen-bond donors (Lipinski definition) is 6. The molecule has 0 aromatic rings. The van der Waals surface area contributed by atoms with Gasteiger partial charge in [0.1, 0.15) is 18.1 Å². The van der Waals surface area contributed by atoms with Gasteiger partial charge >= 0.3 is 5.97 Å². The van der Waals surface area contributed by atoms with Crippen molar-refractivity contribution < 1.29 is 29.1 Å². The van der Waals surface area contributed by atoms with Gasteiger partial charge in [0.25, 0.3) is 0 Å². The van der Waals surface area contributed by atoms with Crippen molar-refractivity contribution in [1.82, 2.24) is 15.5 Å². The molecule has 0 aliphatic carbocycles. The zero-order valence-electron chi connectivity index (χ0n) is 17.9. The quantitative estimate of drug-likeness (QED) is 0.194. The van der Waals surface area contributed by atoms with Crippen LogP contribution in [0.5, 0.6) is 0 Å². The van der Waals surface area contributed by atoms with E-state index in [1.54, 1.807) is 0 Å². The summed E-state index contributed by atoms with van der Waals surface area (Å²) in [6.07, 6.45) is 1.37. The fourth-order valence-corrected chi connectivity index (χ4v) is 3.53. The Bertz CT molecular complexity index is 691. The minimum Gasteiger partial charge on any atom is -0.480 e. The van der Waals surface area contributed by atoms with Crippen molar-refractivity contribution in [3.8, 4) is 0 Å². The number of likely N-dealkylation sites (tertiary alicyclic amines) is 1. The standard InChI is InChI=1S/C19H33N5O6S/c1-3-10(2)15(21)17(27)22-11(6-7-14(20)25)18(28)24-8-4-5-13(24)16(26)23-12(9-31)19(29)30/h10-13,15,31H,3-9,21H2,1-2H3,(H2,20,25)(H,22,27)(H,23,26)(H,29,30). The van der Waals surface area contributed by atoms with Gasteiger partial charge in [-0.3, -0.25) is 19.2 Å². The first kappa shape index (κ1) is 26.7. The van der Waals surface area contributed by atoms with Crippen LogP contribution >= 0.6 is 12.6 Å². The number of carboxylic acids is 1. The number of carbonyl (C=O) groups excluding carboxylic acids is 4. The number of nitrogens with one attached hydrogen (secondary N) is 2. The van der Waals surface area contributed by atoms with Crippen molar-refractivity contribution in [3.63, 3.8) is 0 Å². The lowest BCUT2D eigenvalue weighted by Gasteiger charge is -2.30. The van der Waals surface area contributed by atoms with Crippen LogP contribution in [-0.4, -0.2) is 76.1 Å². The summed E-state index contributed by atoms with van der Waals surface area (Å²) in [5.74, 6) is -3.77. The molecule has 0 aromatic heterocycles. The highest BCUT2D eigenvalue weighted by atomic mass is 32.1. The molecule has 11 nitrogen and oxygen atoms in total. The van der Waals surface area contributed by atoms with Gasteiger partial charge in [-0.25, -0.2) is 4.79 Å². The Morgan fingerprint density at radius 1 is 1.19 bits per heavy atom. The first-order valence-corrected chi connectivity index (χ1v) is 10.9. The maximum Gasteiger partial charge on any atom is 0.327 e. The first-order valence-electron chi connectivity index (χ1n) is 10.3. The van der Waals surface area contributed by atoms with Crippen LogP contribution in [0.4, 0.5) is 0 Å². The predicted octanol–water partition coefficient (Wildman–Crippen LogP) is -1.40. The Morgan fingerprint density at radius 3 is 2.35 bits per heavy atom. The van der Waals surface area contributed by atoms with E-state index in [1.807, 2.05) is 13.8 Å². The molecule has 1 saturated heterocycles. The summed E-state index contributed by atoms with van der Waals surface area (Å²) >= 11 is 3.92. The molecule has 0 radical (unpaired) electrons. The van der Waals surface area contributed by atoms with Gasteiger partial charge in [-0.1, -0.05) is 20.3 Å². The molecule has 1 aliphatic rings. The number of carboxylic acid groups (broad SMARTS) is 1. The average Bonchev–Trinajstić information content (AvgIpc) is 3.22. The number of amides is 4. The molecule has 0 aromatic carbocycles. The van der Waals surface area contributed by atoms with Crippen LogP contribution in [0, 0.1) is 5.92 Å². The molecular formula is C19H33N5O6S. The van der Waals surface area contributed by atoms with Crippen LogP contribution < -0.4 is 22.1 Å². The van der Waals surface area contributed by atoms with E-state index in [2.05, 4.69) is 23.3 Å². The number of rotatable bonds is 12. The van der Waals surface area contributed by atoms with E-state index >= 15 is 0 Å². The smallest absolute Gasteiger partial charge is 0.327 e. The van der Waals surface area contributed by atoms with Gasteiger partial charge in [0.15, 0.2) is 0 Å². The molecule has 176 valence electrons. The third kappa shape index (κ3) is 7.69. The molecule has 1 heterocycles. The molecule has 0 spiro atoms. The fraction of sp³-hybridized carbons (Fsp3) is 0.737. The Kier molecular flexibility index (Phi) is 10.8. The molecule has 1 rings (SSSR count). The summed E-state index contributed by atoms with van der Waals surface area (Å²) in [4.78, 5) is 62.0. The SMILES string of the molecule is CCC(C)C(N)C(=O)NC(CCC(N)=O)C(=O)N1CCCC1C(=O)NC(CS)C(=O)O. The second-order valence-electron chi connectivity index (χ2n) is 7.75. The lowest BCUT2D eigenvalue weighted by Crippen LogP contribution is -2.57. The lowest BCUT2D eigenvalue weighted by atomic mass is 9.98. The number of primary amides is 1. The van der Waals surface area contributed by atoms with Gasteiger partial charge in [-0.2, -0.15) is 12.6 Å². The molecule has 0 bridgehead atoms. The van der Waals surface area contributed by atoms with Crippen molar-refractivity contribution >= 4 is 42.2 Å². The topological polar surface area (TPSA) is 185 Å². The van der Waals surface area contributed by atoms with E-state index in [4.69, 9.17) is 16.6 Å². The Morgan fingerprint density at radius 2 is 1.84 bits per heavy atom. The van der Waals surface area contributed by atoms with E-state index in [1.165, 1.54) is 4.90 Å². The molecule has 1 aliphatic heterocycles. The third-order valence-electron chi connectivity index (χ3n) is 5.49. The normalized spacial score (nSPS) is 19.7. The molecule has 5 unspecified atom stereocenters. The minimum atomic E-state index is -1.23. The van der Waals surface area contributed by atoms with Gasteiger partial charge < -0.3 is 32.1 Å². The summed E-state index contributed by atoms with van der Waals surface area (Å²) in [7, 11) is 0. The maximum absolute atomic E-state index is 13.2. The monoisotopic (exact) mass is 459 g/mol. The summed E-state index contributed by atoms with van der Waals surface area (Å²) in [6.45, 7) is 3.96. The lowest BCUT2D eigenvalue weighted by molar-refractivity contribution is -0.144. The van der Waals surface area contributed by atoms with Crippen molar-refractivity contribution in [2.45, 2.75) is 70.1 Å². The van der Waals surface area contributed by atoms with Gasteiger partial charge in [0, 0.05) is 18.7 Å². The maximum atomic E-state index is 13.2. The number of nitrogens with two attached hydrogens (primary N) is 2. The number of hydrogen-bond acceptors (Lipinski definition) is 7. The highest BCUT2D eigenvalue weighted by Crippen LogP contribution is 2.20. The number of carbonyl (C=O) groups is 5. The zero-order chi connectivity index (χ0) is 23.7. The summed E-state index contributed by atoms with van der Waals surface area (Å²) < 4.78 is 0. The summed E-state index contributed by atoms with van der Waals surface area (Å²) in [5, 5.41) is 14.1. The largest absolute Gasteiger partial charge is 0.480 e. The molecule has 1 fully saturated rings. The van der Waals surface area contributed by atoms with Gasteiger partial charge in [-0.05, 0) is 25.2 Å². The third-order valence-corrected chi connectivity index (χ3v) is 5.85. The average molecular weight is 460 g/mol. The van der Waals surface area contributed by atoms with Crippen molar-refractivity contribution in [1.29, 1.82) is 0 Å². The van der Waals surface area contributed by atoms with Crippen LogP contribution in [0.3, 0.4) is 0 Å². The van der Waals surface area contributed by atoms with Crippen LogP contribution in [0.25, 0.3) is 0 Å². The van der Waals surface area contributed by atoms with E-state index in [-0.39, 0.29) is 31.1 Å². The van der Waals surface area contributed by atoms with Gasteiger partial charge in [0.2, 0.25) is 23.6 Å². The molecular weight excluding hydrogens is 426 g/mol. The number of aliphatic carboxylic acids is 1. The van der Waals surface area contributed by atoms with E-state index in [0.29, 0.717) is 19.3 Å². The van der Waals surface area contributed by atoms with Crippen LogP contribution in [0.1, 0.15) is 46.0 Å². The second-order valence-corrected chi connectivity index (χ2v) is 8.11. The molecule has 4 amide bonds. The van der Waals surface area contributed by atoms with E-state index in [9.17, 15) is 24.0 Å². The summed E-state index contributed by atoms with van der Waals surface area (Å²) in [6, 6.07) is -3.99. The highest BCUT2D eigenvalue weighted by molar-refractivity contribution is 7.80. The van der Waals surface area contributed by atoms with Crippen LogP contribution in [-0.2, 0) is 24.0 Å². The number of thiol groups is 1. The van der Waals surface area contributed by atoms with E-state index in [0.717, 1.165) is 0 Å². The first-order chi connectivity index (χ1) is 14.5. The van der Waals surface area contributed by atoms with Crippen molar-refractivity contribution in [3.05, 3.63) is 0 Å². The van der Waals surface area contributed by atoms with Crippen molar-refractivity contribution in [2.75, 3.05) is 12.3 Å².